The number of hydrogen-bond donors (Lipinski definition) is 1. The van der Waals surface area contributed by atoms with Crippen LogP contribution < -0.4 is 9.47 Å². The fourth-order valence-electron chi connectivity index (χ4n) is 1.51. The zero-order chi connectivity index (χ0) is 10.3. The van der Waals surface area contributed by atoms with Crippen LogP contribution in [-0.2, 0) is 0 Å². The van der Waals surface area contributed by atoms with Crippen LogP contribution in [-0.4, -0.2) is 16.8 Å². The van der Waals surface area contributed by atoms with Crippen molar-refractivity contribution in [2.45, 2.75) is 0 Å². The first-order valence-electron chi connectivity index (χ1n) is 4.43. The summed E-state index contributed by atoms with van der Waals surface area (Å²) in [6, 6.07) is 5.69. The number of ether oxygens (including phenoxy) is 2. The Labute approximate surface area is 90.8 Å². The maximum Gasteiger partial charge on any atom is 0.231 e. The number of fused-ring (bicyclic) bond motifs is 1. The first-order valence-corrected chi connectivity index (χ1v) is 4.81. The zero-order valence-electron chi connectivity index (χ0n) is 7.66. The molecule has 0 aliphatic carbocycles. The number of nitrogens with one attached hydrogen (secondary N) is 1. The molecule has 3 rings (SSSR count). The van der Waals surface area contributed by atoms with Crippen LogP contribution in [0.25, 0.3) is 11.3 Å². The topological polar surface area (TPSA) is 47.1 Å². The summed E-state index contributed by atoms with van der Waals surface area (Å²) in [6.07, 6.45) is 1.68. The largest absolute Gasteiger partial charge is 0.454 e. The van der Waals surface area contributed by atoms with Crippen molar-refractivity contribution in [3.63, 3.8) is 0 Å². The fourth-order valence-corrected chi connectivity index (χ4v) is 1.66. The molecular weight excluding hydrogens is 216 g/mol. The van der Waals surface area contributed by atoms with E-state index in [4.69, 9.17) is 21.1 Å². The van der Waals surface area contributed by atoms with Gasteiger partial charge in [-0.05, 0) is 29.8 Å². The van der Waals surface area contributed by atoms with Gasteiger partial charge in [-0.3, -0.25) is 0 Å². The van der Waals surface area contributed by atoms with Gasteiger partial charge in [0, 0.05) is 5.56 Å². The molecule has 1 aliphatic rings. The SMILES string of the molecule is Clc1ncc(-c2ccc3c(c2)OCO3)[nH]1. The molecule has 0 saturated carbocycles. The van der Waals surface area contributed by atoms with E-state index in [9.17, 15) is 0 Å². The van der Waals surface area contributed by atoms with Crippen molar-refractivity contribution < 1.29 is 9.47 Å². The van der Waals surface area contributed by atoms with Gasteiger partial charge in [0.15, 0.2) is 16.8 Å². The zero-order valence-corrected chi connectivity index (χ0v) is 8.41. The minimum atomic E-state index is 0.280. The van der Waals surface area contributed by atoms with E-state index >= 15 is 0 Å². The predicted molar refractivity (Wildman–Crippen MR) is 55.2 cm³/mol. The molecule has 4 nitrogen and oxygen atoms in total. The number of imidazole rings is 1. The summed E-state index contributed by atoms with van der Waals surface area (Å²) < 4.78 is 10.5. The van der Waals surface area contributed by atoms with Gasteiger partial charge >= 0.3 is 0 Å². The molecule has 0 fully saturated rings. The molecule has 0 amide bonds. The molecule has 5 heteroatoms. The van der Waals surface area contributed by atoms with Gasteiger partial charge in [0.2, 0.25) is 6.79 Å². The van der Waals surface area contributed by atoms with Gasteiger partial charge in [-0.1, -0.05) is 0 Å². The van der Waals surface area contributed by atoms with Crippen LogP contribution in [0.2, 0.25) is 5.28 Å². The highest BCUT2D eigenvalue weighted by Crippen LogP contribution is 2.35. The van der Waals surface area contributed by atoms with Crippen LogP contribution in [0.4, 0.5) is 0 Å². The highest BCUT2D eigenvalue weighted by atomic mass is 35.5. The molecule has 1 N–H and O–H groups in total. The third-order valence-corrected chi connectivity index (χ3v) is 2.42. The van der Waals surface area contributed by atoms with Gasteiger partial charge in [0.1, 0.15) is 0 Å². The lowest BCUT2D eigenvalue weighted by atomic mass is 10.1. The molecule has 0 saturated heterocycles. The monoisotopic (exact) mass is 222 g/mol. The lowest BCUT2D eigenvalue weighted by Gasteiger charge is -1.99. The number of aromatic nitrogens is 2. The number of aromatic amines is 1. The molecule has 1 aromatic carbocycles. The molecule has 0 atom stereocenters. The Morgan fingerprint density at radius 2 is 2.13 bits per heavy atom. The Bertz CT molecular complexity index is 510. The smallest absolute Gasteiger partial charge is 0.231 e. The van der Waals surface area contributed by atoms with Crippen LogP contribution in [0, 0.1) is 0 Å². The molecule has 1 aromatic heterocycles. The predicted octanol–water partition coefficient (Wildman–Crippen LogP) is 2.46. The van der Waals surface area contributed by atoms with E-state index in [-0.39, 0.29) is 6.79 Å². The molecule has 1 aliphatic heterocycles. The molecular formula is C10H7ClN2O2. The molecule has 2 heterocycles. The summed E-state index contributed by atoms with van der Waals surface area (Å²) in [5.41, 5.74) is 1.83. The van der Waals surface area contributed by atoms with Gasteiger partial charge in [-0.15, -0.1) is 0 Å². The Hall–Kier alpha value is -1.68. The average molecular weight is 223 g/mol. The Morgan fingerprint density at radius 3 is 2.93 bits per heavy atom. The number of rotatable bonds is 1. The van der Waals surface area contributed by atoms with Gasteiger partial charge in [0.25, 0.3) is 0 Å². The summed E-state index contributed by atoms with van der Waals surface area (Å²) in [5, 5.41) is 0.377. The van der Waals surface area contributed by atoms with Crippen molar-refractivity contribution in [2.75, 3.05) is 6.79 Å². The fraction of sp³-hybridized carbons (Fsp3) is 0.100. The quantitative estimate of drug-likeness (QED) is 0.806. The second-order valence-corrected chi connectivity index (χ2v) is 3.51. The molecule has 2 aromatic rings. The van der Waals surface area contributed by atoms with E-state index < -0.39 is 0 Å². The van der Waals surface area contributed by atoms with E-state index in [2.05, 4.69) is 9.97 Å². The van der Waals surface area contributed by atoms with Crippen LogP contribution >= 0.6 is 11.6 Å². The summed E-state index contributed by atoms with van der Waals surface area (Å²) in [4.78, 5) is 6.87. The van der Waals surface area contributed by atoms with Crippen LogP contribution in [0.1, 0.15) is 0 Å². The number of benzene rings is 1. The second kappa shape index (κ2) is 3.17. The van der Waals surface area contributed by atoms with Crippen molar-refractivity contribution >= 4 is 11.6 Å². The van der Waals surface area contributed by atoms with E-state index in [1.165, 1.54) is 0 Å². The van der Waals surface area contributed by atoms with E-state index in [0.29, 0.717) is 5.28 Å². The van der Waals surface area contributed by atoms with Crippen molar-refractivity contribution in [3.8, 4) is 22.8 Å². The first kappa shape index (κ1) is 8.61. The highest BCUT2D eigenvalue weighted by Gasteiger charge is 2.14. The average Bonchev–Trinajstić information content (AvgIpc) is 2.84. The Balaban J connectivity index is 2.06. The third kappa shape index (κ3) is 1.43. The highest BCUT2D eigenvalue weighted by molar-refractivity contribution is 6.28. The summed E-state index contributed by atoms with van der Waals surface area (Å²) in [7, 11) is 0. The van der Waals surface area contributed by atoms with Crippen molar-refractivity contribution in [1.82, 2.24) is 9.97 Å². The second-order valence-electron chi connectivity index (χ2n) is 3.16. The third-order valence-electron chi connectivity index (χ3n) is 2.23. The normalized spacial score (nSPS) is 13.1. The van der Waals surface area contributed by atoms with Crippen molar-refractivity contribution in [2.24, 2.45) is 0 Å². The van der Waals surface area contributed by atoms with Crippen LogP contribution in [0.3, 0.4) is 0 Å². The minimum Gasteiger partial charge on any atom is -0.454 e. The summed E-state index contributed by atoms with van der Waals surface area (Å²) >= 11 is 5.70. The molecule has 0 unspecified atom stereocenters. The lowest BCUT2D eigenvalue weighted by molar-refractivity contribution is 0.174. The molecule has 76 valence electrons. The van der Waals surface area contributed by atoms with Gasteiger partial charge < -0.3 is 14.5 Å². The molecule has 0 spiro atoms. The molecule has 0 radical (unpaired) electrons. The maximum absolute atomic E-state index is 5.70. The van der Waals surface area contributed by atoms with E-state index in [0.717, 1.165) is 22.8 Å². The van der Waals surface area contributed by atoms with E-state index in [1.807, 2.05) is 18.2 Å². The van der Waals surface area contributed by atoms with Crippen molar-refractivity contribution in [1.29, 1.82) is 0 Å². The van der Waals surface area contributed by atoms with Gasteiger partial charge in [-0.25, -0.2) is 4.98 Å². The number of halogens is 1. The summed E-state index contributed by atoms with van der Waals surface area (Å²) in [5.74, 6) is 1.52. The Morgan fingerprint density at radius 1 is 1.27 bits per heavy atom. The standard InChI is InChI=1S/C10H7ClN2O2/c11-10-12-4-7(13-10)6-1-2-8-9(3-6)15-5-14-8/h1-4H,5H2,(H,12,13). The maximum atomic E-state index is 5.70. The number of hydrogen-bond acceptors (Lipinski definition) is 3. The molecule has 0 bridgehead atoms. The number of H-pyrrole nitrogens is 1. The lowest BCUT2D eigenvalue weighted by Crippen LogP contribution is -1.92. The van der Waals surface area contributed by atoms with Crippen molar-refractivity contribution in [3.05, 3.63) is 29.7 Å². The first-order chi connectivity index (χ1) is 7.33. The van der Waals surface area contributed by atoms with Crippen LogP contribution in [0.15, 0.2) is 24.4 Å². The van der Waals surface area contributed by atoms with Crippen LogP contribution in [0.5, 0.6) is 11.5 Å². The van der Waals surface area contributed by atoms with E-state index in [1.54, 1.807) is 6.20 Å². The van der Waals surface area contributed by atoms with Gasteiger partial charge in [-0.2, -0.15) is 0 Å². The minimum absolute atomic E-state index is 0.280. The van der Waals surface area contributed by atoms with Gasteiger partial charge in [0.05, 0.1) is 11.9 Å². The summed E-state index contributed by atoms with van der Waals surface area (Å²) in [6.45, 7) is 0.280. The Kier molecular flexibility index (Phi) is 1.82. The molecule has 15 heavy (non-hydrogen) atoms. The number of nitrogens with zero attached hydrogens (tertiary/aromatic N) is 1.